The summed E-state index contributed by atoms with van der Waals surface area (Å²) in [7, 11) is 6.70. The number of amides is 3. The molecule has 0 radical (unpaired) electrons. The van der Waals surface area contributed by atoms with Gasteiger partial charge in [0.1, 0.15) is 5.78 Å². The summed E-state index contributed by atoms with van der Waals surface area (Å²) < 4.78 is 12.2. The van der Waals surface area contributed by atoms with Crippen LogP contribution in [0.1, 0.15) is 118 Å². The van der Waals surface area contributed by atoms with Crippen molar-refractivity contribution in [1.29, 1.82) is 0 Å². The molecule has 0 spiro atoms. The van der Waals surface area contributed by atoms with E-state index in [1.54, 1.807) is 26.2 Å². The van der Waals surface area contributed by atoms with Gasteiger partial charge >= 0.3 is 5.97 Å². The number of carbonyl (C=O) groups is 6. The third kappa shape index (κ3) is 15.2. The zero-order valence-corrected chi connectivity index (χ0v) is 40.3. The van der Waals surface area contributed by atoms with Crippen LogP contribution in [-0.2, 0) is 49.5 Å². The third-order valence-electron chi connectivity index (χ3n) is 13.6. The molecule has 3 amide bonds. The molecule has 1 N–H and O–H groups in total. The third-order valence-corrected chi connectivity index (χ3v) is 13.6. The van der Waals surface area contributed by atoms with Crippen molar-refractivity contribution in [1.82, 2.24) is 19.8 Å². The number of carboxylic acids is 1. The second-order valence-electron chi connectivity index (χ2n) is 18.8. The number of rotatable bonds is 27. The molecule has 14 nitrogen and oxygen atoms in total. The number of Topliss-reactive ketones (excluding diaryl/α,β-unsaturated/α-hetero) is 2. The molecule has 0 aliphatic carbocycles. The molecular weight excluding hydrogens is 805 g/mol. The lowest BCUT2D eigenvalue weighted by Crippen LogP contribution is -2.54. The fourth-order valence-electron chi connectivity index (χ4n) is 9.84. The topological polar surface area (TPSA) is 163 Å². The predicted molar refractivity (Wildman–Crippen MR) is 242 cm³/mol. The molecule has 0 bridgehead atoms. The van der Waals surface area contributed by atoms with Crippen molar-refractivity contribution in [3.05, 3.63) is 35.9 Å². The molecule has 1 aromatic rings. The lowest BCUT2D eigenvalue weighted by atomic mass is 9.83. The molecule has 1 aromatic carbocycles. The first-order valence-electron chi connectivity index (χ1n) is 23.4. The van der Waals surface area contributed by atoms with E-state index in [4.69, 9.17) is 19.4 Å². The van der Waals surface area contributed by atoms with E-state index in [9.17, 15) is 28.8 Å². The van der Waals surface area contributed by atoms with Crippen LogP contribution < -0.4 is 0 Å². The Morgan fingerprint density at radius 2 is 1.54 bits per heavy atom. The van der Waals surface area contributed by atoms with E-state index in [0.29, 0.717) is 51.9 Å². The van der Waals surface area contributed by atoms with E-state index in [-0.39, 0.29) is 78.8 Å². The Kier molecular flexibility index (Phi) is 22.4. The number of aliphatic carboxylic acids is 1. The van der Waals surface area contributed by atoms with E-state index in [0.717, 1.165) is 24.8 Å². The lowest BCUT2D eigenvalue weighted by molar-refractivity contribution is -0.201. The van der Waals surface area contributed by atoms with Crippen LogP contribution >= 0.6 is 0 Å². The summed E-state index contributed by atoms with van der Waals surface area (Å²) in [6.07, 6.45) is 3.45. The van der Waals surface area contributed by atoms with Crippen molar-refractivity contribution in [2.24, 2.45) is 35.5 Å². The standard InChI is InChI=1S/C49H80N4O10/c1-12-34(6)46(51(9)49(60)38(32(2)3)30-41(55)45(33(4)5)50(8)24-19-23-44(57)58)42(61-10)31-43(56)52-25-18-22-39(52)47(62-11)35(7)40(54)29-37(28-36-20-14-13-15-21-36)48(59)53-26-16-17-27-63-53/h13-15,20-21,32-35,37-39,42,45-47H,12,16-19,22-31H2,1-11H3,(H,57,58)/t34-,35-,37+,38-,39-,42+,45-,46-,47+/m0/s1. The van der Waals surface area contributed by atoms with Crippen LogP contribution in [0.5, 0.6) is 0 Å². The van der Waals surface area contributed by atoms with Crippen molar-refractivity contribution >= 4 is 35.3 Å². The van der Waals surface area contributed by atoms with Gasteiger partial charge < -0.3 is 24.4 Å². The number of methoxy groups -OCH3 is 2. The van der Waals surface area contributed by atoms with Crippen molar-refractivity contribution in [3.8, 4) is 0 Å². The maximum Gasteiger partial charge on any atom is 0.303 e. The molecule has 2 aliphatic heterocycles. The highest BCUT2D eigenvalue weighted by molar-refractivity contribution is 5.90. The molecule has 2 fully saturated rings. The van der Waals surface area contributed by atoms with Gasteiger partial charge in [-0.2, -0.15) is 0 Å². The molecule has 14 heteroatoms. The molecule has 0 aromatic heterocycles. The molecule has 0 unspecified atom stereocenters. The summed E-state index contributed by atoms with van der Waals surface area (Å²) >= 11 is 0. The van der Waals surface area contributed by atoms with Crippen LogP contribution in [-0.4, -0.2) is 145 Å². The number of likely N-dealkylation sites (N-methyl/N-ethyl adjacent to an activating group) is 2. The first-order chi connectivity index (χ1) is 29.9. The van der Waals surface area contributed by atoms with Crippen molar-refractivity contribution in [2.45, 2.75) is 149 Å². The van der Waals surface area contributed by atoms with Gasteiger partial charge in [-0.1, -0.05) is 85.2 Å². The maximum atomic E-state index is 14.5. The fraction of sp³-hybridized carbons (Fsp3) is 0.755. The van der Waals surface area contributed by atoms with Gasteiger partial charge in [-0.05, 0) is 75.4 Å². The number of hydrogen-bond donors (Lipinski definition) is 1. The molecule has 9 atom stereocenters. The smallest absolute Gasteiger partial charge is 0.303 e. The zero-order chi connectivity index (χ0) is 47.0. The molecular formula is C49H80N4O10. The summed E-state index contributed by atoms with van der Waals surface area (Å²) in [4.78, 5) is 93.2. The summed E-state index contributed by atoms with van der Waals surface area (Å²) in [5, 5.41) is 10.6. The number of likely N-dealkylation sites (tertiary alicyclic amines) is 1. The Bertz CT molecular complexity index is 1620. The monoisotopic (exact) mass is 885 g/mol. The van der Waals surface area contributed by atoms with Crippen LogP contribution in [0.3, 0.4) is 0 Å². The van der Waals surface area contributed by atoms with E-state index in [2.05, 4.69) is 0 Å². The summed E-state index contributed by atoms with van der Waals surface area (Å²) in [5.41, 5.74) is 0.961. The quantitative estimate of drug-likeness (QED) is 0.105. The minimum absolute atomic E-state index is 0.00368. The number of carbonyl (C=O) groups excluding carboxylic acids is 5. The zero-order valence-electron chi connectivity index (χ0n) is 40.3. The van der Waals surface area contributed by atoms with Crippen molar-refractivity contribution in [3.63, 3.8) is 0 Å². The highest BCUT2D eigenvalue weighted by atomic mass is 16.7. The van der Waals surface area contributed by atoms with Crippen molar-refractivity contribution < 1.29 is 48.2 Å². The molecule has 2 aliphatic rings. The molecule has 0 saturated carbocycles. The number of benzene rings is 1. The van der Waals surface area contributed by atoms with Crippen molar-refractivity contribution in [2.75, 3.05) is 54.6 Å². The summed E-state index contributed by atoms with van der Waals surface area (Å²) in [6, 6.07) is 8.36. The molecule has 3 rings (SSSR count). The molecule has 63 heavy (non-hydrogen) atoms. The highest BCUT2D eigenvalue weighted by Crippen LogP contribution is 2.32. The van der Waals surface area contributed by atoms with Crippen LogP contribution in [0.25, 0.3) is 0 Å². The number of hydrogen-bond acceptors (Lipinski definition) is 10. The number of carboxylic acid groups (broad SMARTS) is 1. The van der Waals surface area contributed by atoms with Crippen LogP contribution in [0.2, 0.25) is 0 Å². The van der Waals surface area contributed by atoms with Gasteiger partial charge in [0.2, 0.25) is 17.7 Å². The molecule has 356 valence electrons. The number of hydroxylamine groups is 2. The maximum absolute atomic E-state index is 14.5. The van der Waals surface area contributed by atoms with E-state index >= 15 is 0 Å². The van der Waals surface area contributed by atoms with Crippen LogP contribution in [0.4, 0.5) is 0 Å². The first-order valence-corrected chi connectivity index (χ1v) is 23.4. The van der Waals surface area contributed by atoms with Crippen LogP contribution in [0.15, 0.2) is 30.3 Å². The first kappa shape index (κ1) is 53.6. The van der Waals surface area contributed by atoms with E-state index in [1.807, 2.05) is 95.6 Å². The number of ketones is 2. The largest absolute Gasteiger partial charge is 0.481 e. The van der Waals surface area contributed by atoms with Gasteiger partial charge in [0.05, 0.1) is 49.3 Å². The Morgan fingerprint density at radius 1 is 0.857 bits per heavy atom. The second-order valence-corrected chi connectivity index (χ2v) is 18.8. The SMILES string of the molecule is CC[C@H](C)[C@@H]([C@@H](CC(=O)N1CCC[C@H]1[C@H](OC)[C@@H](C)C(=O)C[C@@H](Cc1ccccc1)C(=O)N1CCCCO1)OC)N(C)C(=O)[C@@H](CC(=O)[C@H](C(C)C)N(C)CCCC(=O)O)C(C)C. The number of ether oxygens (including phenoxy) is 2. The summed E-state index contributed by atoms with van der Waals surface area (Å²) in [5.74, 6) is -3.66. The fourth-order valence-corrected chi connectivity index (χ4v) is 9.84. The highest BCUT2D eigenvalue weighted by Gasteiger charge is 2.44. The minimum Gasteiger partial charge on any atom is -0.481 e. The average Bonchev–Trinajstić information content (AvgIpc) is 3.74. The molecule has 2 saturated heterocycles. The van der Waals surface area contributed by atoms with Gasteiger partial charge in [-0.3, -0.25) is 38.5 Å². The summed E-state index contributed by atoms with van der Waals surface area (Å²) in [6.45, 7) is 15.6. The van der Waals surface area contributed by atoms with Gasteiger partial charge in [-0.15, -0.1) is 0 Å². The average molecular weight is 885 g/mol. The minimum atomic E-state index is -0.880. The normalized spacial score (nSPS) is 19.6. The van der Waals surface area contributed by atoms with Gasteiger partial charge in [0, 0.05) is 65.5 Å². The Labute approximate surface area is 377 Å². The Hall–Kier alpha value is -3.72. The Morgan fingerprint density at radius 3 is 2.10 bits per heavy atom. The second kappa shape index (κ2) is 26.3. The molecule has 2 heterocycles. The van der Waals surface area contributed by atoms with E-state index < -0.39 is 48.0 Å². The van der Waals surface area contributed by atoms with Crippen LogP contribution in [0, 0.1) is 35.5 Å². The predicted octanol–water partition coefficient (Wildman–Crippen LogP) is 6.33. The lowest BCUT2D eigenvalue weighted by Gasteiger charge is -2.41. The Balaban J connectivity index is 1.79. The number of nitrogens with zero attached hydrogens (tertiary/aromatic N) is 4. The van der Waals surface area contributed by atoms with Gasteiger partial charge in [0.25, 0.3) is 0 Å². The van der Waals surface area contributed by atoms with Gasteiger partial charge in [-0.25, -0.2) is 5.06 Å². The van der Waals surface area contributed by atoms with E-state index in [1.165, 1.54) is 5.06 Å². The van der Waals surface area contributed by atoms with Gasteiger partial charge in [0.15, 0.2) is 5.78 Å².